The summed E-state index contributed by atoms with van der Waals surface area (Å²) in [5, 5.41) is 3.89. The van der Waals surface area contributed by atoms with Gasteiger partial charge in [0.1, 0.15) is 5.00 Å². The molecule has 7 heteroatoms. The van der Waals surface area contributed by atoms with Crippen LogP contribution in [0.4, 0.5) is 5.00 Å². The molecule has 33 heavy (non-hydrogen) atoms. The van der Waals surface area contributed by atoms with Gasteiger partial charge in [-0.15, -0.1) is 11.3 Å². The molecule has 1 fully saturated rings. The van der Waals surface area contributed by atoms with Crippen molar-refractivity contribution in [1.29, 1.82) is 0 Å². The smallest absolute Gasteiger partial charge is 0.309 e. The van der Waals surface area contributed by atoms with Crippen LogP contribution >= 0.6 is 11.3 Å². The highest BCUT2D eigenvalue weighted by Gasteiger charge is 2.33. The maximum absolute atomic E-state index is 12.7. The number of amides is 1. The number of aryl methyl sites for hydroxylation is 2. The normalized spacial score (nSPS) is 15.8. The molecule has 2 aromatic heterocycles. The number of nitrogens with one attached hydrogen (secondary N) is 1. The molecule has 3 aromatic rings. The van der Waals surface area contributed by atoms with E-state index in [-0.39, 0.29) is 29.6 Å². The number of thiophene rings is 1. The number of piperidine rings is 1. The average Bonchev–Trinajstić information content (AvgIpc) is 3.46. The first kappa shape index (κ1) is 23.3. The van der Waals surface area contributed by atoms with Crippen molar-refractivity contribution in [3.63, 3.8) is 0 Å². The van der Waals surface area contributed by atoms with Crippen LogP contribution in [-0.4, -0.2) is 36.5 Å². The third kappa shape index (κ3) is 5.37. The summed E-state index contributed by atoms with van der Waals surface area (Å²) in [6.07, 6.45) is 3.02. The van der Waals surface area contributed by atoms with Crippen molar-refractivity contribution in [2.24, 2.45) is 5.92 Å². The molecule has 1 aromatic carbocycles. The molecule has 1 N–H and O–H groups in total. The van der Waals surface area contributed by atoms with Gasteiger partial charge in [-0.1, -0.05) is 29.8 Å². The van der Waals surface area contributed by atoms with Crippen LogP contribution in [0.15, 0.2) is 53.1 Å². The fourth-order valence-corrected chi connectivity index (χ4v) is 5.34. The van der Waals surface area contributed by atoms with Crippen LogP contribution in [-0.2, 0) is 9.53 Å². The number of nitrogens with zero attached hydrogens (tertiary/aromatic N) is 1. The van der Waals surface area contributed by atoms with Gasteiger partial charge in [-0.05, 0) is 70.5 Å². The zero-order valence-electron chi connectivity index (χ0n) is 19.3. The first-order chi connectivity index (χ1) is 16.0. The predicted molar refractivity (Wildman–Crippen MR) is 130 cm³/mol. The van der Waals surface area contributed by atoms with Crippen LogP contribution in [0.25, 0.3) is 0 Å². The van der Waals surface area contributed by atoms with Crippen molar-refractivity contribution in [2.45, 2.75) is 39.7 Å². The number of anilines is 1. The van der Waals surface area contributed by atoms with Crippen molar-refractivity contribution in [3.8, 4) is 0 Å². The number of carbonyl (C=O) groups excluding carboxylic acids is 2. The van der Waals surface area contributed by atoms with E-state index < -0.39 is 0 Å². The Balaban J connectivity index is 1.63. The third-order valence-corrected chi connectivity index (χ3v) is 7.04. The molecule has 0 saturated carbocycles. The largest absolute Gasteiger partial charge is 0.466 e. The molecule has 1 aliphatic heterocycles. The molecule has 0 bridgehead atoms. The minimum absolute atomic E-state index is 0.0226. The van der Waals surface area contributed by atoms with E-state index in [1.807, 2.05) is 6.92 Å². The van der Waals surface area contributed by atoms with Gasteiger partial charge in [-0.3, -0.25) is 14.5 Å². The molecule has 0 spiro atoms. The molecule has 174 valence electrons. The second-order valence-corrected chi connectivity index (χ2v) is 9.70. The maximum Gasteiger partial charge on any atom is 0.309 e. The van der Waals surface area contributed by atoms with E-state index in [1.54, 1.807) is 23.5 Å². The molecule has 0 unspecified atom stereocenters. The topological polar surface area (TPSA) is 71.8 Å². The highest BCUT2D eigenvalue weighted by Crippen LogP contribution is 2.40. The molecule has 1 saturated heterocycles. The Morgan fingerprint density at radius 1 is 1.18 bits per heavy atom. The lowest BCUT2D eigenvalue weighted by Crippen LogP contribution is -2.39. The summed E-state index contributed by atoms with van der Waals surface area (Å²) in [7, 11) is 0. The van der Waals surface area contributed by atoms with Gasteiger partial charge in [0.25, 0.3) is 5.91 Å². The van der Waals surface area contributed by atoms with E-state index in [9.17, 15) is 9.59 Å². The van der Waals surface area contributed by atoms with Gasteiger partial charge in [0, 0.05) is 10.4 Å². The lowest BCUT2D eigenvalue weighted by molar-refractivity contribution is -0.149. The van der Waals surface area contributed by atoms with Crippen molar-refractivity contribution in [3.05, 3.63) is 76.1 Å². The van der Waals surface area contributed by atoms with E-state index >= 15 is 0 Å². The zero-order valence-corrected chi connectivity index (χ0v) is 20.1. The summed E-state index contributed by atoms with van der Waals surface area (Å²) in [5.41, 5.74) is 3.43. The quantitative estimate of drug-likeness (QED) is 0.461. The lowest BCUT2D eigenvalue weighted by Gasteiger charge is -2.37. The Hall–Kier alpha value is -2.90. The van der Waals surface area contributed by atoms with Gasteiger partial charge in [0.05, 0.1) is 24.8 Å². The maximum atomic E-state index is 12.7. The van der Waals surface area contributed by atoms with Crippen LogP contribution in [0.2, 0.25) is 0 Å². The summed E-state index contributed by atoms with van der Waals surface area (Å²) in [5.74, 6) is -0.120. The summed E-state index contributed by atoms with van der Waals surface area (Å²) in [6.45, 7) is 7.95. The summed E-state index contributed by atoms with van der Waals surface area (Å²) in [6, 6.07) is 14.0. The van der Waals surface area contributed by atoms with Crippen LogP contribution in [0.5, 0.6) is 0 Å². The van der Waals surface area contributed by atoms with Crippen LogP contribution in [0, 0.1) is 19.8 Å². The minimum Gasteiger partial charge on any atom is -0.466 e. The number of rotatable bonds is 7. The highest BCUT2D eigenvalue weighted by atomic mass is 32.1. The van der Waals surface area contributed by atoms with Crippen LogP contribution in [0.3, 0.4) is 0 Å². The monoisotopic (exact) mass is 466 g/mol. The Labute approximate surface area is 198 Å². The molecule has 4 rings (SSSR count). The number of carbonyl (C=O) groups is 2. The van der Waals surface area contributed by atoms with Gasteiger partial charge >= 0.3 is 5.97 Å². The van der Waals surface area contributed by atoms with Gasteiger partial charge in [-0.25, -0.2) is 0 Å². The zero-order chi connectivity index (χ0) is 23.4. The summed E-state index contributed by atoms with van der Waals surface area (Å²) in [4.78, 5) is 28.5. The molecule has 6 nitrogen and oxygen atoms in total. The van der Waals surface area contributed by atoms with Gasteiger partial charge in [0.15, 0.2) is 5.76 Å². The van der Waals surface area contributed by atoms with Crippen LogP contribution < -0.4 is 5.32 Å². The molecule has 0 aliphatic carbocycles. The van der Waals surface area contributed by atoms with E-state index in [0.29, 0.717) is 6.61 Å². The molecule has 1 aliphatic rings. The van der Waals surface area contributed by atoms with Crippen molar-refractivity contribution >= 4 is 28.2 Å². The number of esters is 1. The fraction of sp³-hybridized carbons (Fsp3) is 0.385. The minimum atomic E-state index is -0.258. The standard InChI is InChI=1S/C26H30N2O4S/c1-4-31-26(30)20-11-13-28(14-12-20)23(19-9-7-17(2)8-10-19)21-16-18(3)33-25(21)27-24(29)22-6-5-15-32-22/h5-10,15-16,20,23H,4,11-14H2,1-3H3,(H,27,29)/t23-/m1/s1. The second-order valence-electron chi connectivity index (χ2n) is 8.45. The summed E-state index contributed by atoms with van der Waals surface area (Å²) >= 11 is 1.57. The van der Waals surface area contributed by atoms with E-state index in [0.717, 1.165) is 41.4 Å². The van der Waals surface area contributed by atoms with E-state index in [4.69, 9.17) is 9.15 Å². The molecule has 1 atom stereocenters. The van der Waals surface area contributed by atoms with Crippen molar-refractivity contribution < 1.29 is 18.7 Å². The number of furan rings is 1. The first-order valence-electron chi connectivity index (χ1n) is 11.4. The molecule has 0 radical (unpaired) electrons. The number of benzene rings is 1. The molecular weight excluding hydrogens is 436 g/mol. The Morgan fingerprint density at radius 2 is 1.91 bits per heavy atom. The third-order valence-electron chi connectivity index (χ3n) is 6.06. The molecule has 1 amide bonds. The number of ether oxygens (including phenoxy) is 1. The first-order valence-corrected chi connectivity index (χ1v) is 12.2. The predicted octanol–water partition coefficient (Wildman–Crippen LogP) is 5.57. The summed E-state index contributed by atoms with van der Waals surface area (Å²) < 4.78 is 10.5. The van der Waals surface area contributed by atoms with Crippen molar-refractivity contribution in [1.82, 2.24) is 4.90 Å². The Bertz CT molecular complexity index is 1080. The van der Waals surface area contributed by atoms with Gasteiger partial charge < -0.3 is 14.5 Å². The molecular formula is C26H30N2O4S. The van der Waals surface area contributed by atoms with E-state index in [1.165, 1.54) is 17.4 Å². The number of likely N-dealkylation sites (tertiary alicyclic amines) is 1. The van der Waals surface area contributed by atoms with Crippen LogP contribution in [0.1, 0.15) is 57.9 Å². The second kappa shape index (κ2) is 10.4. The number of hydrogen-bond donors (Lipinski definition) is 1. The fourth-order valence-electron chi connectivity index (χ4n) is 4.40. The Morgan fingerprint density at radius 3 is 2.55 bits per heavy atom. The van der Waals surface area contributed by atoms with Gasteiger partial charge in [0.2, 0.25) is 0 Å². The average molecular weight is 467 g/mol. The molecule has 3 heterocycles. The Kier molecular flexibility index (Phi) is 7.30. The number of hydrogen-bond acceptors (Lipinski definition) is 6. The SMILES string of the molecule is CCOC(=O)C1CCN([C@H](c2ccc(C)cc2)c2cc(C)sc2NC(=O)c2ccco2)CC1. The highest BCUT2D eigenvalue weighted by molar-refractivity contribution is 7.16. The van der Waals surface area contributed by atoms with Gasteiger partial charge in [-0.2, -0.15) is 0 Å². The van der Waals surface area contributed by atoms with Crippen molar-refractivity contribution in [2.75, 3.05) is 25.0 Å². The lowest BCUT2D eigenvalue weighted by atomic mass is 9.91. The van der Waals surface area contributed by atoms with E-state index in [2.05, 4.69) is 54.4 Å².